The topological polar surface area (TPSA) is 52.6 Å². The fraction of sp³-hybridized carbons (Fsp3) is 0.875. The molecule has 0 aromatic carbocycles. The molecule has 0 N–H and O–H groups in total. The van der Waals surface area contributed by atoms with Crippen molar-refractivity contribution in [1.82, 2.24) is 0 Å². The second-order valence-corrected chi connectivity index (χ2v) is 7.49. The standard InChI is InChI=1S/C16H24O4/c1-10(2)13(17)20-16-7-11-4-12(8-16)6-15(5-11,9-16)14(18)19-3/h10-12H,4-9H2,1-3H3. The Morgan fingerprint density at radius 2 is 1.70 bits per heavy atom. The molecule has 0 aromatic heterocycles. The van der Waals surface area contributed by atoms with Crippen LogP contribution in [0.25, 0.3) is 0 Å². The van der Waals surface area contributed by atoms with E-state index in [0.29, 0.717) is 18.3 Å². The molecule has 0 aliphatic heterocycles. The van der Waals surface area contributed by atoms with Crippen molar-refractivity contribution in [3.63, 3.8) is 0 Å². The Morgan fingerprint density at radius 1 is 1.10 bits per heavy atom. The van der Waals surface area contributed by atoms with E-state index in [1.807, 2.05) is 13.8 Å². The first kappa shape index (κ1) is 13.9. The van der Waals surface area contributed by atoms with Crippen molar-refractivity contribution in [3.05, 3.63) is 0 Å². The smallest absolute Gasteiger partial charge is 0.311 e. The summed E-state index contributed by atoms with van der Waals surface area (Å²) in [4.78, 5) is 24.3. The molecule has 4 aliphatic carbocycles. The van der Waals surface area contributed by atoms with Crippen molar-refractivity contribution >= 4 is 11.9 Å². The van der Waals surface area contributed by atoms with E-state index in [1.54, 1.807) is 0 Å². The van der Waals surface area contributed by atoms with Crippen LogP contribution in [0.15, 0.2) is 0 Å². The van der Waals surface area contributed by atoms with Crippen molar-refractivity contribution in [2.75, 3.05) is 7.11 Å². The van der Waals surface area contributed by atoms with Crippen LogP contribution in [0.4, 0.5) is 0 Å². The molecular formula is C16H24O4. The number of ether oxygens (including phenoxy) is 2. The van der Waals surface area contributed by atoms with Gasteiger partial charge in [0.15, 0.2) is 0 Å². The minimum Gasteiger partial charge on any atom is -0.469 e. The first-order valence-corrected chi connectivity index (χ1v) is 7.69. The molecular weight excluding hydrogens is 256 g/mol. The van der Waals surface area contributed by atoms with Crippen LogP contribution in [0.3, 0.4) is 0 Å². The van der Waals surface area contributed by atoms with Crippen LogP contribution >= 0.6 is 0 Å². The summed E-state index contributed by atoms with van der Waals surface area (Å²) in [6.45, 7) is 3.72. The van der Waals surface area contributed by atoms with Crippen LogP contribution in [-0.4, -0.2) is 24.6 Å². The van der Waals surface area contributed by atoms with Crippen molar-refractivity contribution in [3.8, 4) is 0 Å². The molecule has 0 heterocycles. The number of hydrogen-bond donors (Lipinski definition) is 0. The van der Waals surface area contributed by atoms with Gasteiger partial charge in [0.25, 0.3) is 0 Å². The van der Waals surface area contributed by atoms with E-state index in [4.69, 9.17) is 9.47 Å². The predicted molar refractivity (Wildman–Crippen MR) is 72.8 cm³/mol. The van der Waals surface area contributed by atoms with Crippen LogP contribution in [0.5, 0.6) is 0 Å². The average molecular weight is 280 g/mol. The Hall–Kier alpha value is -1.06. The zero-order chi connectivity index (χ0) is 14.5. The van der Waals surface area contributed by atoms with E-state index in [-0.39, 0.29) is 17.9 Å². The highest BCUT2D eigenvalue weighted by Crippen LogP contribution is 2.63. The molecule has 2 unspecified atom stereocenters. The summed E-state index contributed by atoms with van der Waals surface area (Å²) in [6, 6.07) is 0. The average Bonchev–Trinajstić information content (AvgIpc) is 2.35. The number of methoxy groups -OCH3 is 1. The second-order valence-electron chi connectivity index (χ2n) is 7.49. The van der Waals surface area contributed by atoms with Crippen molar-refractivity contribution < 1.29 is 19.1 Å². The lowest BCUT2D eigenvalue weighted by atomic mass is 9.48. The predicted octanol–water partition coefficient (Wildman–Crippen LogP) is 2.70. The van der Waals surface area contributed by atoms with E-state index in [9.17, 15) is 9.59 Å². The van der Waals surface area contributed by atoms with Crippen LogP contribution in [-0.2, 0) is 19.1 Å². The van der Waals surface area contributed by atoms with Gasteiger partial charge in [0.2, 0.25) is 0 Å². The Morgan fingerprint density at radius 3 is 2.20 bits per heavy atom. The van der Waals surface area contributed by atoms with Gasteiger partial charge in [-0.3, -0.25) is 9.59 Å². The molecule has 0 saturated heterocycles. The van der Waals surface area contributed by atoms with E-state index in [2.05, 4.69) is 0 Å². The minimum atomic E-state index is -0.403. The zero-order valence-electron chi connectivity index (χ0n) is 12.6. The lowest BCUT2D eigenvalue weighted by Crippen LogP contribution is -2.60. The number of rotatable bonds is 3. The van der Waals surface area contributed by atoms with Crippen LogP contribution in [0, 0.1) is 23.2 Å². The third-order valence-electron chi connectivity index (χ3n) is 5.41. The monoisotopic (exact) mass is 280 g/mol. The van der Waals surface area contributed by atoms with E-state index < -0.39 is 11.0 Å². The molecule has 2 atom stereocenters. The van der Waals surface area contributed by atoms with Gasteiger partial charge < -0.3 is 9.47 Å². The highest BCUT2D eigenvalue weighted by Gasteiger charge is 2.62. The van der Waals surface area contributed by atoms with Crippen LogP contribution < -0.4 is 0 Å². The van der Waals surface area contributed by atoms with Crippen molar-refractivity contribution in [2.24, 2.45) is 23.2 Å². The maximum atomic E-state index is 12.3. The summed E-state index contributed by atoms with van der Waals surface area (Å²) in [5.41, 5.74) is -0.796. The largest absolute Gasteiger partial charge is 0.469 e. The fourth-order valence-corrected chi connectivity index (χ4v) is 5.08. The molecule has 0 amide bonds. The summed E-state index contributed by atoms with van der Waals surface area (Å²) >= 11 is 0. The van der Waals surface area contributed by atoms with Gasteiger partial charge in [0.1, 0.15) is 5.60 Å². The van der Waals surface area contributed by atoms with Gasteiger partial charge >= 0.3 is 11.9 Å². The number of hydrogen-bond acceptors (Lipinski definition) is 4. The highest BCUT2D eigenvalue weighted by atomic mass is 16.6. The molecule has 112 valence electrons. The third kappa shape index (κ3) is 2.04. The van der Waals surface area contributed by atoms with Gasteiger partial charge in [0, 0.05) is 6.42 Å². The number of carbonyl (C=O) groups is 2. The van der Waals surface area contributed by atoms with Gasteiger partial charge in [-0.05, 0) is 43.9 Å². The maximum Gasteiger partial charge on any atom is 0.311 e. The summed E-state index contributed by atoms with van der Waals surface area (Å²) < 4.78 is 10.9. The Labute approximate surface area is 120 Å². The first-order valence-electron chi connectivity index (χ1n) is 7.69. The molecule has 0 aromatic rings. The molecule has 4 heteroatoms. The fourth-order valence-electron chi connectivity index (χ4n) is 5.08. The number of carbonyl (C=O) groups excluding carboxylic acids is 2. The lowest BCUT2D eigenvalue weighted by Gasteiger charge is -2.59. The molecule has 4 nitrogen and oxygen atoms in total. The highest BCUT2D eigenvalue weighted by molar-refractivity contribution is 5.78. The summed E-state index contributed by atoms with van der Waals surface area (Å²) in [5.74, 6) is 0.672. The second kappa shape index (κ2) is 4.47. The van der Waals surface area contributed by atoms with E-state index in [0.717, 1.165) is 25.7 Å². The van der Waals surface area contributed by atoms with E-state index >= 15 is 0 Å². The van der Waals surface area contributed by atoms with Crippen LogP contribution in [0.1, 0.15) is 52.4 Å². The molecule has 4 bridgehead atoms. The van der Waals surface area contributed by atoms with Crippen molar-refractivity contribution in [2.45, 2.75) is 58.0 Å². The first-order chi connectivity index (χ1) is 9.38. The molecule has 4 aliphatic rings. The van der Waals surface area contributed by atoms with Gasteiger partial charge in [-0.15, -0.1) is 0 Å². The van der Waals surface area contributed by atoms with Crippen molar-refractivity contribution in [1.29, 1.82) is 0 Å². The molecule has 0 radical (unpaired) electrons. The molecule has 4 saturated carbocycles. The van der Waals surface area contributed by atoms with Gasteiger partial charge in [-0.2, -0.15) is 0 Å². The minimum absolute atomic E-state index is 0.100. The summed E-state index contributed by atoms with van der Waals surface area (Å²) in [6.07, 6.45) is 5.54. The molecule has 0 spiro atoms. The quantitative estimate of drug-likeness (QED) is 0.746. The Bertz CT molecular complexity index is 426. The van der Waals surface area contributed by atoms with Crippen LogP contribution in [0.2, 0.25) is 0 Å². The normalized spacial score (nSPS) is 41.8. The van der Waals surface area contributed by atoms with Gasteiger partial charge in [0.05, 0.1) is 18.4 Å². The molecule has 4 fully saturated rings. The number of esters is 2. The summed E-state index contributed by atoms with van der Waals surface area (Å²) in [5, 5.41) is 0. The summed E-state index contributed by atoms with van der Waals surface area (Å²) in [7, 11) is 1.47. The Balaban J connectivity index is 1.87. The third-order valence-corrected chi connectivity index (χ3v) is 5.41. The maximum absolute atomic E-state index is 12.3. The molecule has 20 heavy (non-hydrogen) atoms. The SMILES string of the molecule is COC(=O)C12CC3CC(CC(OC(=O)C(C)C)(C3)C1)C2. The zero-order valence-corrected chi connectivity index (χ0v) is 12.6. The van der Waals surface area contributed by atoms with Gasteiger partial charge in [-0.1, -0.05) is 13.8 Å². The lowest BCUT2D eigenvalue weighted by molar-refractivity contribution is -0.213. The van der Waals surface area contributed by atoms with E-state index in [1.165, 1.54) is 13.5 Å². The molecule has 4 rings (SSSR count). The Kier molecular flexibility index (Phi) is 3.11. The van der Waals surface area contributed by atoms with Gasteiger partial charge in [-0.25, -0.2) is 0 Å².